The maximum Gasteiger partial charge on any atom is 0.276 e. The quantitative estimate of drug-likeness (QED) is 0.423. The summed E-state index contributed by atoms with van der Waals surface area (Å²) in [4.78, 5) is 15.2. The number of rotatable bonds is 6. The highest BCUT2D eigenvalue weighted by atomic mass is 32.2. The van der Waals surface area contributed by atoms with Gasteiger partial charge in [0.2, 0.25) is 5.55 Å². The Hall–Kier alpha value is -4.11. The van der Waals surface area contributed by atoms with Crippen molar-refractivity contribution in [2.75, 3.05) is 12.4 Å². The number of aryl methyl sites for hydroxylation is 1. The number of para-hydroxylation sites is 1. The number of methoxy groups -OCH3 is 1. The smallest absolute Gasteiger partial charge is 0.276 e. The topological polar surface area (TPSA) is 110 Å². The van der Waals surface area contributed by atoms with Crippen LogP contribution in [0.3, 0.4) is 0 Å². The summed E-state index contributed by atoms with van der Waals surface area (Å²) in [5, 5.41) is 7.31. The van der Waals surface area contributed by atoms with Gasteiger partial charge in [0.1, 0.15) is 5.56 Å². The first kappa shape index (κ1) is 22.1. The molecule has 2 N–H and O–H groups in total. The van der Waals surface area contributed by atoms with Crippen molar-refractivity contribution >= 4 is 32.6 Å². The van der Waals surface area contributed by atoms with E-state index >= 15 is 0 Å². The van der Waals surface area contributed by atoms with Crippen molar-refractivity contribution in [3.8, 4) is 5.75 Å². The maximum atomic E-state index is 13.1. The van der Waals surface area contributed by atoms with Gasteiger partial charge in [0.05, 0.1) is 12.0 Å². The highest BCUT2D eigenvalue weighted by Gasteiger charge is 2.17. The molecule has 8 nitrogen and oxygen atoms in total. The lowest BCUT2D eigenvalue weighted by Crippen LogP contribution is -2.27. The summed E-state index contributed by atoms with van der Waals surface area (Å²) in [6.07, 6.45) is 0. The van der Waals surface area contributed by atoms with Crippen molar-refractivity contribution in [2.45, 2.75) is 11.8 Å². The van der Waals surface area contributed by atoms with Crippen LogP contribution < -0.4 is 20.4 Å². The lowest BCUT2D eigenvalue weighted by atomic mass is 10.1. The predicted molar refractivity (Wildman–Crippen MR) is 124 cm³/mol. The fraction of sp³-hybridized carbons (Fsp3) is 0.0833. The fourth-order valence-electron chi connectivity index (χ4n) is 3.12. The maximum absolute atomic E-state index is 13.1. The van der Waals surface area contributed by atoms with Gasteiger partial charge in [-0.25, -0.2) is 0 Å². The van der Waals surface area contributed by atoms with Gasteiger partial charge in [-0.2, -0.15) is 13.2 Å². The number of hydrogen-bond acceptors (Lipinski definition) is 6. The Balaban J connectivity index is 1.80. The zero-order valence-corrected chi connectivity index (χ0v) is 18.7. The first-order valence-electron chi connectivity index (χ1n) is 9.97. The summed E-state index contributed by atoms with van der Waals surface area (Å²) >= 11 is 0. The third-order valence-corrected chi connectivity index (χ3v) is 6.06. The number of nitrogens with zero attached hydrogens (tertiary/aromatic N) is 1. The molecule has 0 spiro atoms. The van der Waals surface area contributed by atoms with Gasteiger partial charge in [-0.1, -0.05) is 48.0 Å². The van der Waals surface area contributed by atoms with Crippen LogP contribution in [0.2, 0.25) is 0 Å². The molecule has 0 fully saturated rings. The number of carbonyl (C=O) groups excluding carboxylic acids is 1. The van der Waals surface area contributed by atoms with Crippen molar-refractivity contribution in [3.05, 3.63) is 95.5 Å². The molecule has 0 unspecified atom stereocenters. The highest BCUT2D eigenvalue weighted by Crippen LogP contribution is 2.24. The normalized spacial score (nSPS) is 11.9. The minimum atomic E-state index is -3.97. The second-order valence-corrected chi connectivity index (χ2v) is 8.84. The van der Waals surface area contributed by atoms with Crippen LogP contribution in [0.5, 0.6) is 5.75 Å². The average molecular weight is 464 g/mol. The lowest BCUT2D eigenvalue weighted by Gasteiger charge is -2.09. The monoisotopic (exact) mass is 463 g/mol. The largest absolute Gasteiger partial charge is 0.493 e. The molecule has 0 aliphatic heterocycles. The van der Waals surface area contributed by atoms with Gasteiger partial charge in [-0.15, -0.1) is 5.10 Å². The Labute approximate surface area is 190 Å². The molecule has 9 heteroatoms. The van der Waals surface area contributed by atoms with Crippen molar-refractivity contribution in [3.63, 3.8) is 0 Å². The van der Waals surface area contributed by atoms with Crippen molar-refractivity contribution in [1.82, 2.24) is 4.83 Å². The van der Waals surface area contributed by atoms with Crippen LogP contribution >= 0.6 is 0 Å². The van der Waals surface area contributed by atoms with E-state index in [1.165, 1.54) is 19.2 Å². The van der Waals surface area contributed by atoms with Crippen LogP contribution in [0.25, 0.3) is 11.0 Å². The van der Waals surface area contributed by atoms with E-state index in [2.05, 4.69) is 15.2 Å². The van der Waals surface area contributed by atoms with E-state index in [4.69, 9.17) is 9.15 Å². The zero-order valence-electron chi connectivity index (χ0n) is 17.9. The van der Waals surface area contributed by atoms with Gasteiger partial charge in [0, 0.05) is 11.1 Å². The molecule has 0 bridgehead atoms. The molecule has 33 heavy (non-hydrogen) atoms. The number of hydrogen-bond donors (Lipinski definition) is 2. The molecule has 1 amide bonds. The summed E-state index contributed by atoms with van der Waals surface area (Å²) in [6.45, 7) is 1.94. The Kier molecular flexibility index (Phi) is 6.14. The van der Waals surface area contributed by atoms with E-state index in [9.17, 15) is 13.2 Å². The van der Waals surface area contributed by atoms with Crippen LogP contribution in [0.1, 0.15) is 15.9 Å². The van der Waals surface area contributed by atoms with E-state index in [1.807, 2.05) is 19.1 Å². The molecule has 0 atom stereocenters. The van der Waals surface area contributed by atoms with E-state index in [1.54, 1.807) is 54.6 Å². The first-order chi connectivity index (χ1) is 15.9. The Morgan fingerprint density at radius 3 is 2.39 bits per heavy atom. The van der Waals surface area contributed by atoms with Crippen LogP contribution in [0, 0.1) is 6.92 Å². The average Bonchev–Trinajstić information content (AvgIpc) is 2.83. The lowest BCUT2D eigenvalue weighted by molar-refractivity contribution is 0.102. The molecule has 0 aliphatic carbocycles. The van der Waals surface area contributed by atoms with E-state index in [-0.39, 0.29) is 16.0 Å². The highest BCUT2D eigenvalue weighted by molar-refractivity contribution is 7.89. The molecule has 0 saturated heterocycles. The van der Waals surface area contributed by atoms with E-state index in [0.29, 0.717) is 22.4 Å². The van der Waals surface area contributed by atoms with Crippen LogP contribution in [0.15, 0.2) is 93.3 Å². The Morgan fingerprint density at radius 1 is 0.970 bits per heavy atom. The summed E-state index contributed by atoms with van der Waals surface area (Å²) < 4.78 is 36.4. The molecule has 0 radical (unpaired) electrons. The van der Waals surface area contributed by atoms with Crippen molar-refractivity contribution in [2.24, 2.45) is 5.10 Å². The number of benzene rings is 3. The molecule has 4 aromatic rings. The molecule has 1 heterocycles. The number of amides is 1. The first-order valence-corrected chi connectivity index (χ1v) is 11.5. The SMILES string of the molecule is COc1cccc2cc(C(=O)Nc3ccc(C)cc3)c(=NNS(=O)(=O)c3ccccc3)oc12. The van der Waals surface area contributed by atoms with Crippen molar-refractivity contribution in [1.29, 1.82) is 0 Å². The fourth-order valence-corrected chi connectivity index (χ4v) is 3.94. The molecule has 4 rings (SSSR count). The van der Waals surface area contributed by atoms with Crippen LogP contribution in [0.4, 0.5) is 5.69 Å². The second kappa shape index (κ2) is 9.17. The third kappa shape index (κ3) is 4.88. The minimum Gasteiger partial charge on any atom is -0.493 e. The molecular formula is C24H21N3O5S. The Morgan fingerprint density at radius 2 is 1.70 bits per heavy atom. The summed E-state index contributed by atoms with van der Waals surface area (Å²) in [5.74, 6) is -0.0923. The predicted octanol–water partition coefficient (Wildman–Crippen LogP) is 3.80. The van der Waals surface area contributed by atoms with Gasteiger partial charge >= 0.3 is 0 Å². The van der Waals surface area contributed by atoms with Gasteiger partial charge in [-0.05, 0) is 43.3 Å². The number of sulfonamides is 1. The summed E-state index contributed by atoms with van der Waals surface area (Å²) in [7, 11) is -2.49. The molecule has 0 aliphatic rings. The summed E-state index contributed by atoms with van der Waals surface area (Å²) in [6, 6.07) is 21.8. The second-order valence-electron chi connectivity index (χ2n) is 7.18. The zero-order chi connectivity index (χ0) is 23.4. The number of anilines is 1. The standard InChI is InChI=1S/C24H21N3O5S/c1-16-11-13-18(14-12-16)25-23(28)20-15-17-7-6-10-21(31-2)22(17)32-24(20)26-27-33(29,30)19-8-4-3-5-9-19/h3-15,27H,1-2H3,(H,25,28). The number of nitrogens with one attached hydrogen (secondary N) is 2. The van der Waals surface area contributed by atoms with Crippen molar-refractivity contribution < 1.29 is 22.4 Å². The van der Waals surface area contributed by atoms with Gasteiger partial charge < -0.3 is 14.5 Å². The van der Waals surface area contributed by atoms with Crippen LogP contribution in [-0.4, -0.2) is 21.4 Å². The molecular weight excluding hydrogens is 442 g/mol. The van der Waals surface area contributed by atoms with E-state index in [0.717, 1.165) is 5.56 Å². The number of ether oxygens (including phenoxy) is 1. The van der Waals surface area contributed by atoms with E-state index < -0.39 is 15.9 Å². The Bertz CT molecular complexity index is 1480. The molecule has 168 valence electrons. The number of fused-ring (bicyclic) bond motifs is 1. The summed E-state index contributed by atoms with van der Waals surface area (Å²) in [5.41, 5.74) is 1.78. The van der Waals surface area contributed by atoms with Gasteiger partial charge in [0.15, 0.2) is 11.3 Å². The van der Waals surface area contributed by atoms with Gasteiger partial charge in [0.25, 0.3) is 15.9 Å². The molecule has 3 aromatic carbocycles. The third-order valence-electron chi connectivity index (χ3n) is 4.83. The van der Waals surface area contributed by atoms with Gasteiger partial charge in [-0.3, -0.25) is 4.79 Å². The minimum absolute atomic E-state index is 0.0257. The molecule has 0 saturated carbocycles. The van der Waals surface area contributed by atoms with Crippen LogP contribution in [-0.2, 0) is 10.0 Å². The number of carbonyl (C=O) groups is 1. The molecule has 1 aromatic heterocycles.